The van der Waals surface area contributed by atoms with E-state index in [0.29, 0.717) is 16.5 Å². The molecule has 0 saturated heterocycles. The van der Waals surface area contributed by atoms with Gasteiger partial charge in [-0.25, -0.2) is 17.2 Å². The van der Waals surface area contributed by atoms with E-state index in [1.54, 1.807) is 41.0 Å². The monoisotopic (exact) mass is 454 g/mol. The van der Waals surface area contributed by atoms with Crippen LogP contribution in [0.3, 0.4) is 0 Å². The average molecular weight is 454 g/mol. The number of carbonyl (C=O) groups is 1. The van der Waals surface area contributed by atoms with Gasteiger partial charge in [0.25, 0.3) is 0 Å². The zero-order chi connectivity index (χ0) is 22.7. The van der Waals surface area contributed by atoms with E-state index in [2.05, 4.69) is 5.32 Å². The first-order valence-electron chi connectivity index (χ1n) is 9.88. The van der Waals surface area contributed by atoms with Gasteiger partial charge in [0.05, 0.1) is 10.6 Å². The summed E-state index contributed by atoms with van der Waals surface area (Å²) in [6.45, 7) is 0.155. The molecule has 0 saturated carbocycles. The van der Waals surface area contributed by atoms with Crippen LogP contribution >= 0.6 is 0 Å². The molecule has 0 aliphatic heterocycles. The molecular weight excluding hydrogens is 434 g/mol. The summed E-state index contributed by atoms with van der Waals surface area (Å²) in [5.74, 6) is -1.38. The average Bonchev–Trinajstić information content (AvgIpc) is 3.14. The van der Waals surface area contributed by atoms with Crippen LogP contribution in [0.4, 0.5) is 8.78 Å². The highest BCUT2D eigenvalue weighted by atomic mass is 32.2. The molecule has 4 rings (SSSR count). The Morgan fingerprint density at radius 3 is 2.09 bits per heavy atom. The molecule has 0 aliphatic rings. The van der Waals surface area contributed by atoms with Crippen LogP contribution in [-0.4, -0.2) is 18.9 Å². The van der Waals surface area contributed by atoms with E-state index < -0.39 is 15.7 Å². The van der Waals surface area contributed by atoms with Gasteiger partial charge in [-0.2, -0.15) is 0 Å². The number of aromatic nitrogens is 1. The first-order chi connectivity index (χ1) is 15.3. The van der Waals surface area contributed by atoms with Crippen LogP contribution in [0.1, 0.15) is 11.1 Å². The van der Waals surface area contributed by atoms with Gasteiger partial charge < -0.3 is 9.88 Å². The maximum atomic E-state index is 13.2. The van der Waals surface area contributed by atoms with Crippen LogP contribution in [0.2, 0.25) is 0 Å². The van der Waals surface area contributed by atoms with Crippen molar-refractivity contribution in [2.75, 3.05) is 0 Å². The van der Waals surface area contributed by atoms with E-state index in [9.17, 15) is 22.0 Å². The molecule has 164 valence electrons. The normalized spacial score (nSPS) is 11.6. The van der Waals surface area contributed by atoms with Crippen molar-refractivity contribution >= 4 is 26.6 Å². The van der Waals surface area contributed by atoms with Gasteiger partial charge in [-0.05, 0) is 41.5 Å². The van der Waals surface area contributed by atoms with Crippen molar-refractivity contribution in [1.82, 2.24) is 9.88 Å². The van der Waals surface area contributed by atoms with Crippen LogP contribution in [0.5, 0.6) is 0 Å². The minimum absolute atomic E-state index is 0.0756. The fourth-order valence-corrected chi connectivity index (χ4v) is 5.07. The van der Waals surface area contributed by atoms with Crippen molar-refractivity contribution < 1.29 is 22.0 Å². The Bertz CT molecular complexity index is 1360. The van der Waals surface area contributed by atoms with Gasteiger partial charge in [0.1, 0.15) is 18.2 Å². The summed E-state index contributed by atoms with van der Waals surface area (Å²) >= 11 is 0. The van der Waals surface area contributed by atoms with Gasteiger partial charge in [0.15, 0.2) is 9.84 Å². The summed E-state index contributed by atoms with van der Waals surface area (Å²) in [4.78, 5) is 12.6. The topological polar surface area (TPSA) is 68.2 Å². The Morgan fingerprint density at radius 1 is 0.844 bits per heavy atom. The fourth-order valence-electron chi connectivity index (χ4n) is 3.48. The molecule has 3 aromatic carbocycles. The van der Waals surface area contributed by atoms with Gasteiger partial charge in [-0.15, -0.1) is 0 Å². The number of rotatable bonds is 7. The molecule has 8 heteroatoms. The molecule has 1 N–H and O–H groups in total. The molecule has 1 heterocycles. The number of hydrogen-bond donors (Lipinski definition) is 1. The molecule has 0 radical (unpaired) electrons. The highest BCUT2D eigenvalue weighted by Gasteiger charge is 2.22. The molecule has 0 atom stereocenters. The lowest BCUT2D eigenvalue weighted by Crippen LogP contribution is -2.26. The molecular formula is C24H20F2N2O3S. The minimum atomic E-state index is -3.74. The number of sulfone groups is 1. The van der Waals surface area contributed by atoms with Crippen LogP contribution in [0.15, 0.2) is 83.9 Å². The fraction of sp³-hybridized carbons (Fsp3) is 0.125. The molecule has 5 nitrogen and oxygen atoms in total. The number of benzene rings is 3. The predicted octanol–water partition coefficient (Wildman–Crippen LogP) is 4.21. The zero-order valence-corrected chi connectivity index (χ0v) is 17.8. The van der Waals surface area contributed by atoms with Crippen LogP contribution < -0.4 is 5.32 Å². The van der Waals surface area contributed by atoms with Gasteiger partial charge in [-0.1, -0.05) is 42.5 Å². The maximum Gasteiger partial charge on any atom is 0.240 e. The van der Waals surface area contributed by atoms with Crippen molar-refractivity contribution in [3.63, 3.8) is 0 Å². The van der Waals surface area contributed by atoms with Crippen molar-refractivity contribution in [2.45, 2.75) is 23.7 Å². The summed E-state index contributed by atoms with van der Waals surface area (Å²) in [6.07, 6.45) is 1.46. The lowest BCUT2D eigenvalue weighted by Gasteiger charge is -2.07. The van der Waals surface area contributed by atoms with Gasteiger partial charge in [0, 0.05) is 23.6 Å². The van der Waals surface area contributed by atoms with Gasteiger partial charge in [0.2, 0.25) is 5.91 Å². The van der Waals surface area contributed by atoms with E-state index in [4.69, 9.17) is 0 Å². The second kappa shape index (κ2) is 8.92. The number of carbonyl (C=O) groups excluding carboxylic acids is 1. The van der Waals surface area contributed by atoms with Crippen LogP contribution in [0.25, 0.3) is 10.9 Å². The van der Waals surface area contributed by atoms with E-state index in [1.165, 1.54) is 42.6 Å². The van der Waals surface area contributed by atoms with Gasteiger partial charge >= 0.3 is 0 Å². The predicted molar refractivity (Wildman–Crippen MR) is 117 cm³/mol. The Balaban J connectivity index is 1.56. The van der Waals surface area contributed by atoms with E-state index in [1.807, 2.05) is 0 Å². The number of hydrogen-bond acceptors (Lipinski definition) is 3. The number of nitrogens with zero attached hydrogens (tertiary/aromatic N) is 1. The van der Waals surface area contributed by atoms with Crippen LogP contribution in [-0.2, 0) is 33.5 Å². The minimum Gasteiger partial charge on any atom is -0.350 e. The summed E-state index contributed by atoms with van der Waals surface area (Å²) in [5.41, 5.74) is 1.84. The van der Waals surface area contributed by atoms with Crippen molar-refractivity contribution in [3.05, 3.63) is 102 Å². The third kappa shape index (κ3) is 4.86. The molecule has 0 fully saturated rings. The molecule has 0 spiro atoms. The molecule has 32 heavy (non-hydrogen) atoms. The standard InChI is InChI=1S/C24H20F2N2O3S/c25-19-9-5-17(6-10-19)13-27-24(29)15-28-14-23(21-3-1-2-4-22(21)28)32(30,31)16-18-7-11-20(26)12-8-18/h1-12,14H,13,15-16H2,(H,27,29). The van der Waals surface area contributed by atoms with Crippen LogP contribution in [0, 0.1) is 11.6 Å². The first-order valence-corrected chi connectivity index (χ1v) is 11.5. The second-order valence-electron chi connectivity index (χ2n) is 7.43. The number of fused-ring (bicyclic) bond motifs is 1. The smallest absolute Gasteiger partial charge is 0.240 e. The largest absolute Gasteiger partial charge is 0.350 e. The van der Waals surface area contributed by atoms with E-state index >= 15 is 0 Å². The summed E-state index contributed by atoms with van der Waals surface area (Å²) in [6, 6.07) is 18.1. The van der Waals surface area contributed by atoms with Crippen molar-refractivity contribution in [2.24, 2.45) is 0 Å². The maximum absolute atomic E-state index is 13.2. The Morgan fingerprint density at radius 2 is 1.44 bits per heavy atom. The highest BCUT2D eigenvalue weighted by molar-refractivity contribution is 7.90. The Labute approximate surface area is 184 Å². The lowest BCUT2D eigenvalue weighted by molar-refractivity contribution is -0.121. The van der Waals surface area contributed by atoms with E-state index in [0.717, 1.165) is 5.56 Å². The summed E-state index contributed by atoms with van der Waals surface area (Å²) in [5, 5.41) is 3.27. The van der Waals surface area contributed by atoms with Crippen molar-refractivity contribution in [1.29, 1.82) is 0 Å². The van der Waals surface area contributed by atoms with E-state index in [-0.39, 0.29) is 35.5 Å². The molecule has 0 aliphatic carbocycles. The number of halogens is 2. The highest BCUT2D eigenvalue weighted by Crippen LogP contribution is 2.28. The molecule has 4 aromatic rings. The molecule has 1 aromatic heterocycles. The third-order valence-electron chi connectivity index (χ3n) is 5.07. The third-order valence-corrected chi connectivity index (χ3v) is 6.78. The zero-order valence-electron chi connectivity index (χ0n) is 17.0. The van der Waals surface area contributed by atoms with Gasteiger partial charge in [-0.3, -0.25) is 4.79 Å². The molecule has 0 bridgehead atoms. The summed E-state index contributed by atoms with van der Waals surface area (Å²) in [7, 11) is -3.74. The summed E-state index contributed by atoms with van der Waals surface area (Å²) < 4.78 is 54.0. The number of nitrogens with one attached hydrogen (secondary N) is 1. The number of para-hydroxylation sites is 1. The number of amides is 1. The second-order valence-corrected chi connectivity index (χ2v) is 9.39. The SMILES string of the molecule is O=C(Cn1cc(S(=O)(=O)Cc2ccc(F)cc2)c2ccccc21)NCc1ccc(F)cc1. The Hall–Kier alpha value is -3.52. The quantitative estimate of drug-likeness (QED) is 0.455. The Kier molecular flexibility index (Phi) is 6.05. The first kappa shape index (κ1) is 21.7. The molecule has 0 unspecified atom stereocenters. The molecule has 1 amide bonds. The van der Waals surface area contributed by atoms with Crippen molar-refractivity contribution in [3.8, 4) is 0 Å². The lowest BCUT2D eigenvalue weighted by atomic mass is 10.2.